The maximum absolute atomic E-state index is 6.19. The van der Waals surface area contributed by atoms with Crippen molar-refractivity contribution in [1.29, 1.82) is 0 Å². The van der Waals surface area contributed by atoms with Crippen molar-refractivity contribution in [3.05, 3.63) is 0 Å². The molecule has 0 amide bonds. The Morgan fingerprint density at radius 2 is 1.61 bits per heavy atom. The highest BCUT2D eigenvalue weighted by Crippen LogP contribution is 2.35. The van der Waals surface area contributed by atoms with Crippen LogP contribution in [0.4, 0.5) is 0 Å². The van der Waals surface area contributed by atoms with Gasteiger partial charge in [-0.1, -0.05) is 20.8 Å². The van der Waals surface area contributed by atoms with Gasteiger partial charge in [-0.05, 0) is 12.3 Å². The fourth-order valence-electron chi connectivity index (χ4n) is 3.60. The van der Waals surface area contributed by atoms with Crippen molar-refractivity contribution in [2.45, 2.75) is 58.4 Å². The smallest absolute Gasteiger partial charge is 0.170 e. The summed E-state index contributed by atoms with van der Waals surface area (Å²) in [5, 5.41) is 0. The van der Waals surface area contributed by atoms with E-state index >= 15 is 0 Å². The standard InChI is InChI=1S/C14H28N2O2/c1-11(15)12(13(2,3)4)16-7-5-14(6-8-16)17-9-10-18-14/h11-12H,5-10,15H2,1-4H3. The Morgan fingerprint density at radius 3 is 2.00 bits per heavy atom. The molecule has 0 saturated carbocycles. The van der Waals surface area contributed by atoms with Gasteiger partial charge in [-0.15, -0.1) is 0 Å². The Balaban J connectivity index is 1.99. The molecular formula is C14H28N2O2. The van der Waals surface area contributed by atoms with Gasteiger partial charge in [0.2, 0.25) is 0 Å². The zero-order valence-corrected chi connectivity index (χ0v) is 12.2. The van der Waals surface area contributed by atoms with Crippen molar-refractivity contribution in [3.63, 3.8) is 0 Å². The van der Waals surface area contributed by atoms with E-state index in [0.29, 0.717) is 6.04 Å². The number of ether oxygens (including phenoxy) is 2. The highest BCUT2D eigenvalue weighted by Gasteiger charge is 2.43. The summed E-state index contributed by atoms with van der Waals surface area (Å²) in [5.41, 5.74) is 6.40. The molecule has 106 valence electrons. The minimum absolute atomic E-state index is 0.185. The molecule has 2 aliphatic rings. The van der Waals surface area contributed by atoms with Crippen LogP contribution in [0.2, 0.25) is 0 Å². The van der Waals surface area contributed by atoms with Crippen molar-refractivity contribution in [1.82, 2.24) is 4.90 Å². The van der Waals surface area contributed by atoms with Gasteiger partial charge in [-0.3, -0.25) is 4.90 Å². The second kappa shape index (κ2) is 5.08. The number of likely N-dealkylation sites (tertiary alicyclic amines) is 1. The van der Waals surface area contributed by atoms with Crippen LogP contribution in [-0.4, -0.2) is 49.1 Å². The van der Waals surface area contributed by atoms with Gasteiger partial charge in [0.15, 0.2) is 5.79 Å². The minimum atomic E-state index is -0.281. The van der Waals surface area contributed by atoms with Crippen molar-refractivity contribution in [3.8, 4) is 0 Å². The first-order valence-electron chi connectivity index (χ1n) is 7.12. The highest BCUT2D eigenvalue weighted by atomic mass is 16.7. The van der Waals surface area contributed by atoms with E-state index in [1.807, 2.05) is 0 Å². The molecule has 2 fully saturated rings. The summed E-state index contributed by atoms with van der Waals surface area (Å²) in [5.74, 6) is -0.281. The Bertz CT molecular complexity index is 270. The van der Waals surface area contributed by atoms with E-state index in [0.717, 1.165) is 39.1 Å². The van der Waals surface area contributed by atoms with Crippen molar-refractivity contribution in [2.75, 3.05) is 26.3 Å². The summed E-state index contributed by atoms with van der Waals surface area (Å²) in [4.78, 5) is 2.51. The molecule has 4 nitrogen and oxygen atoms in total. The molecule has 0 bridgehead atoms. The maximum Gasteiger partial charge on any atom is 0.170 e. The van der Waals surface area contributed by atoms with E-state index in [1.165, 1.54) is 0 Å². The van der Waals surface area contributed by atoms with Crippen molar-refractivity contribution in [2.24, 2.45) is 11.1 Å². The first-order valence-corrected chi connectivity index (χ1v) is 7.12. The van der Waals surface area contributed by atoms with Gasteiger partial charge in [0.1, 0.15) is 0 Å². The molecule has 2 saturated heterocycles. The quantitative estimate of drug-likeness (QED) is 0.815. The summed E-state index contributed by atoms with van der Waals surface area (Å²) in [6.07, 6.45) is 1.93. The molecule has 2 rings (SSSR count). The molecule has 2 aliphatic heterocycles. The number of hydrogen-bond acceptors (Lipinski definition) is 4. The van der Waals surface area contributed by atoms with Crippen LogP contribution >= 0.6 is 0 Å². The molecule has 0 radical (unpaired) electrons. The Kier molecular flexibility index (Phi) is 4.02. The van der Waals surface area contributed by atoms with E-state index in [2.05, 4.69) is 32.6 Å². The largest absolute Gasteiger partial charge is 0.347 e. The monoisotopic (exact) mass is 256 g/mol. The molecule has 2 N–H and O–H groups in total. The maximum atomic E-state index is 6.19. The first-order chi connectivity index (χ1) is 8.34. The number of nitrogens with zero attached hydrogens (tertiary/aromatic N) is 1. The van der Waals surface area contributed by atoms with Crippen molar-refractivity contribution < 1.29 is 9.47 Å². The van der Waals surface area contributed by atoms with Gasteiger partial charge in [0.05, 0.1) is 13.2 Å². The Hall–Kier alpha value is -0.160. The summed E-state index contributed by atoms with van der Waals surface area (Å²) in [7, 11) is 0. The van der Waals surface area contributed by atoms with Gasteiger partial charge in [-0.25, -0.2) is 0 Å². The molecule has 4 heteroatoms. The third-order valence-electron chi connectivity index (χ3n) is 4.15. The zero-order chi connectivity index (χ0) is 13.4. The normalized spacial score (nSPS) is 28.5. The van der Waals surface area contributed by atoms with Gasteiger partial charge in [0.25, 0.3) is 0 Å². The number of rotatable bonds is 2. The molecule has 0 aromatic heterocycles. The summed E-state index contributed by atoms with van der Waals surface area (Å²) >= 11 is 0. The summed E-state index contributed by atoms with van der Waals surface area (Å²) in [6.45, 7) is 12.5. The molecule has 2 atom stereocenters. The Labute approximate surface area is 111 Å². The van der Waals surface area contributed by atoms with E-state index in [-0.39, 0.29) is 17.2 Å². The second-order valence-corrected chi connectivity index (χ2v) is 6.81. The number of piperidine rings is 1. The van der Waals surface area contributed by atoms with Gasteiger partial charge >= 0.3 is 0 Å². The minimum Gasteiger partial charge on any atom is -0.347 e. The average Bonchev–Trinajstić information content (AvgIpc) is 2.68. The lowest BCUT2D eigenvalue weighted by atomic mass is 9.80. The lowest BCUT2D eigenvalue weighted by Gasteiger charge is -2.47. The SMILES string of the molecule is CC(N)C(N1CCC2(CC1)OCCO2)C(C)(C)C. The number of nitrogens with two attached hydrogens (primary N) is 1. The van der Waals surface area contributed by atoms with Crippen molar-refractivity contribution >= 4 is 0 Å². The lowest BCUT2D eigenvalue weighted by Crippen LogP contribution is -2.58. The van der Waals surface area contributed by atoms with E-state index in [9.17, 15) is 0 Å². The fraction of sp³-hybridized carbons (Fsp3) is 1.00. The fourth-order valence-corrected chi connectivity index (χ4v) is 3.60. The predicted molar refractivity (Wildman–Crippen MR) is 72.3 cm³/mol. The van der Waals surface area contributed by atoms with Crippen LogP contribution in [0.5, 0.6) is 0 Å². The molecule has 0 aromatic carbocycles. The topological polar surface area (TPSA) is 47.7 Å². The van der Waals surface area contributed by atoms with E-state index in [4.69, 9.17) is 15.2 Å². The highest BCUT2D eigenvalue weighted by molar-refractivity contribution is 4.93. The molecule has 0 aromatic rings. The molecule has 18 heavy (non-hydrogen) atoms. The predicted octanol–water partition coefficient (Wildman–Crippen LogP) is 1.59. The summed E-state index contributed by atoms with van der Waals surface area (Å²) in [6, 6.07) is 0.598. The lowest BCUT2D eigenvalue weighted by molar-refractivity contribution is -0.191. The summed E-state index contributed by atoms with van der Waals surface area (Å²) < 4.78 is 11.6. The van der Waals surface area contributed by atoms with Crippen LogP contribution in [0.25, 0.3) is 0 Å². The average molecular weight is 256 g/mol. The van der Waals surface area contributed by atoms with E-state index < -0.39 is 0 Å². The second-order valence-electron chi connectivity index (χ2n) is 6.81. The third-order valence-corrected chi connectivity index (χ3v) is 4.15. The first kappa shape index (κ1) is 14.3. The van der Waals surface area contributed by atoms with Crippen LogP contribution in [-0.2, 0) is 9.47 Å². The Morgan fingerprint density at radius 1 is 1.11 bits per heavy atom. The third kappa shape index (κ3) is 2.87. The van der Waals surface area contributed by atoms with Gasteiger partial charge < -0.3 is 15.2 Å². The molecule has 0 aliphatic carbocycles. The van der Waals surface area contributed by atoms with E-state index in [1.54, 1.807) is 0 Å². The van der Waals surface area contributed by atoms with Gasteiger partial charge in [-0.2, -0.15) is 0 Å². The molecular weight excluding hydrogens is 228 g/mol. The molecule has 2 unspecified atom stereocenters. The van der Waals surface area contributed by atoms with Crippen LogP contribution < -0.4 is 5.73 Å². The van der Waals surface area contributed by atoms with Crippen LogP contribution in [0.1, 0.15) is 40.5 Å². The molecule has 2 heterocycles. The van der Waals surface area contributed by atoms with Crippen LogP contribution in [0.3, 0.4) is 0 Å². The zero-order valence-electron chi connectivity index (χ0n) is 12.2. The number of hydrogen-bond donors (Lipinski definition) is 1. The molecule has 1 spiro atoms. The van der Waals surface area contributed by atoms with Crippen LogP contribution in [0.15, 0.2) is 0 Å². The van der Waals surface area contributed by atoms with Crippen LogP contribution in [0, 0.1) is 5.41 Å². The van der Waals surface area contributed by atoms with Gasteiger partial charge in [0, 0.05) is 38.0 Å².